The van der Waals surface area contributed by atoms with Crippen molar-refractivity contribution in [1.82, 2.24) is 0 Å². The topological polar surface area (TPSA) is 54.4 Å². The van der Waals surface area contributed by atoms with Gasteiger partial charge in [0.2, 0.25) is 0 Å². The molecule has 3 nitrogen and oxygen atoms in total. The molecule has 0 unspecified atom stereocenters. The van der Waals surface area contributed by atoms with Gasteiger partial charge in [-0.1, -0.05) is 55.8 Å². The fourth-order valence-corrected chi connectivity index (χ4v) is 2.25. The number of aryl methyl sites for hydroxylation is 1. The lowest BCUT2D eigenvalue weighted by Crippen LogP contribution is -2.13. The van der Waals surface area contributed by atoms with Crippen molar-refractivity contribution in [1.29, 1.82) is 0 Å². The summed E-state index contributed by atoms with van der Waals surface area (Å²) in [5.41, 5.74) is 3.74. The molecule has 2 rings (SSSR count). The molecule has 0 atom stereocenters. The number of benzene rings is 2. The quantitative estimate of drug-likeness (QED) is 0.902. The molecular formula is C19H20O3. The van der Waals surface area contributed by atoms with Crippen LogP contribution in [0.3, 0.4) is 0 Å². The summed E-state index contributed by atoms with van der Waals surface area (Å²) < 4.78 is 0. The number of ketones is 1. The molecular weight excluding hydrogens is 276 g/mol. The molecule has 3 heteroatoms. The van der Waals surface area contributed by atoms with Crippen LogP contribution in [0.4, 0.5) is 0 Å². The van der Waals surface area contributed by atoms with Crippen molar-refractivity contribution in [2.75, 3.05) is 0 Å². The van der Waals surface area contributed by atoms with Crippen LogP contribution in [-0.2, 0) is 11.2 Å². The van der Waals surface area contributed by atoms with Gasteiger partial charge in [0.05, 0.1) is 5.56 Å². The van der Waals surface area contributed by atoms with Gasteiger partial charge in [-0.3, -0.25) is 4.79 Å². The molecule has 0 aromatic heterocycles. The third-order valence-corrected chi connectivity index (χ3v) is 3.73. The van der Waals surface area contributed by atoms with Gasteiger partial charge in [0, 0.05) is 12.3 Å². The number of Topliss-reactive ketones (excluding diaryl/α,β-unsaturated/α-hetero) is 1. The lowest BCUT2D eigenvalue weighted by atomic mass is 9.94. The Labute approximate surface area is 130 Å². The van der Waals surface area contributed by atoms with Crippen molar-refractivity contribution < 1.29 is 14.7 Å². The monoisotopic (exact) mass is 296 g/mol. The maximum atomic E-state index is 11.9. The lowest BCUT2D eigenvalue weighted by Gasteiger charge is -2.10. The van der Waals surface area contributed by atoms with Crippen molar-refractivity contribution in [3.63, 3.8) is 0 Å². The number of carboxylic acids is 1. The minimum atomic E-state index is -1.000. The Morgan fingerprint density at radius 3 is 2.14 bits per heavy atom. The van der Waals surface area contributed by atoms with E-state index >= 15 is 0 Å². The Balaban J connectivity index is 2.41. The highest BCUT2D eigenvalue weighted by Gasteiger charge is 2.16. The Morgan fingerprint density at radius 1 is 1.00 bits per heavy atom. The zero-order valence-electron chi connectivity index (χ0n) is 13.1. The summed E-state index contributed by atoms with van der Waals surface area (Å²) in [6.45, 7) is 5.65. The molecule has 0 heterocycles. The molecule has 22 heavy (non-hydrogen) atoms. The first-order valence-corrected chi connectivity index (χ1v) is 7.34. The average Bonchev–Trinajstić information content (AvgIpc) is 2.48. The second kappa shape index (κ2) is 6.56. The normalized spacial score (nSPS) is 10.7. The van der Waals surface area contributed by atoms with E-state index in [1.54, 1.807) is 12.1 Å². The Morgan fingerprint density at radius 2 is 1.59 bits per heavy atom. The fourth-order valence-electron chi connectivity index (χ4n) is 2.25. The molecule has 0 aliphatic carbocycles. The highest BCUT2D eigenvalue weighted by Crippen LogP contribution is 2.24. The van der Waals surface area contributed by atoms with E-state index in [1.165, 1.54) is 0 Å². The van der Waals surface area contributed by atoms with Crippen LogP contribution < -0.4 is 0 Å². The van der Waals surface area contributed by atoms with E-state index in [-0.39, 0.29) is 23.7 Å². The standard InChI is InChI=1S/C19H20O3/c1-12(2)18(20)11-16-9-8-15(10-17(16)19(21)22)14-6-4-13(3)5-7-14/h4-10,12H,11H2,1-3H3,(H,21,22). The van der Waals surface area contributed by atoms with E-state index in [1.807, 2.05) is 51.1 Å². The molecule has 0 aliphatic heterocycles. The Hall–Kier alpha value is -2.42. The Kier molecular flexibility index (Phi) is 4.76. The molecule has 0 spiro atoms. The van der Waals surface area contributed by atoms with Gasteiger partial charge in [0.1, 0.15) is 5.78 Å². The van der Waals surface area contributed by atoms with E-state index in [0.29, 0.717) is 5.56 Å². The predicted molar refractivity (Wildman–Crippen MR) is 87.1 cm³/mol. The number of rotatable bonds is 5. The van der Waals surface area contributed by atoms with Crippen molar-refractivity contribution >= 4 is 11.8 Å². The SMILES string of the molecule is Cc1ccc(-c2ccc(CC(=O)C(C)C)c(C(=O)O)c2)cc1. The van der Waals surface area contributed by atoms with Crippen LogP contribution in [0.25, 0.3) is 11.1 Å². The van der Waals surface area contributed by atoms with Crippen LogP contribution in [0.2, 0.25) is 0 Å². The number of aromatic carboxylic acids is 1. The fraction of sp³-hybridized carbons (Fsp3) is 0.263. The van der Waals surface area contributed by atoms with E-state index in [4.69, 9.17) is 0 Å². The van der Waals surface area contributed by atoms with Crippen molar-refractivity contribution in [2.24, 2.45) is 5.92 Å². The maximum absolute atomic E-state index is 11.9. The average molecular weight is 296 g/mol. The molecule has 114 valence electrons. The third-order valence-electron chi connectivity index (χ3n) is 3.73. The van der Waals surface area contributed by atoms with Gasteiger partial charge in [-0.15, -0.1) is 0 Å². The number of carbonyl (C=O) groups excluding carboxylic acids is 1. The van der Waals surface area contributed by atoms with Gasteiger partial charge in [0.25, 0.3) is 0 Å². The van der Waals surface area contributed by atoms with Gasteiger partial charge >= 0.3 is 5.97 Å². The molecule has 0 amide bonds. The molecule has 2 aromatic rings. The molecule has 0 aliphatic rings. The van der Waals surface area contributed by atoms with Crippen LogP contribution in [0.1, 0.15) is 35.3 Å². The maximum Gasteiger partial charge on any atom is 0.335 e. The smallest absolute Gasteiger partial charge is 0.335 e. The Bertz CT molecular complexity index is 697. The zero-order valence-corrected chi connectivity index (χ0v) is 13.1. The van der Waals surface area contributed by atoms with Gasteiger partial charge in [-0.2, -0.15) is 0 Å². The van der Waals surface area contributed by atoms with Crippen LogP contribution in [-0.4, -0.2) is 16.9 Å². The first-order chi connectivity index (χ1) is 10.4. The number of carboxylic acid groups (broad SMARTS) is 1. The van der Waals surface area contributed by atoms with Crippen LogP contribution in [0, 0.1) is 12.8 Å². The summed E-state index contributed by atoms with van der Waals surface area (Å²) in [6, 6.07) is 13.2. The van der Waals surface area contributed by atoms with Crippen molar-refractivity contribution in [3.8, 4) is 11.1 Å². The summed E-state index contributed by atoms with van der Waals surface area (Å²) >= 11 is 0. The number of hydrogen-bond donors (Lipinski definition) is 1. The summed E-state index contributed by atoms with van der Waals surface area (Å²) in [5, 5.41) is 9.42. The minimum Gasteiger partial charge on any atom is -0.478 e. The summed E-state index contributed by atoms with van der Waals surface area (Å²) in [4.78, 5) is 23.4. The highest BCUT2D eigenvalue weighted by atomic mass is 16.4. The highest BCUT2D eigenvalue weighted by molar-refractivity contribution is 5.94. The minimum absolute atomic E-state index is 0.0468. The van der Waals surface area contributed by atoms with E-state index in [2.05, 4.69) is 0 Å². The van der Waals surface area contributed by atoms with Crippen LogP contribution in [0.5, 0.6) is 0 Å². The molecule has 0 saturated carbocycles. The summed E-state index contributed by atoms with van der Waals surface area (Å²) in [5.74, 6) is -1.05. The molecule has 2 aromatic carbocycles. The second-order valence-corrected chi connectivity index (χ2v) is 5.84. The van der Waals surface area contributed by atoms with Gasteiger partial charge < -0.3 is 5.11 Å². The van der Waals surface area contributed by atoms with Crippen LogP contribution >= 0.6 is 0 Å². The molecule has 0 saturated heterocycles. The third kappa shape index (κ3) is 3.61. The van der Waals surface area contributed by atoms with Gasteiger partial charge in [0.15, 0.2) is 0 Å². The summed E-state index contributed by atoms with van der Waals surface area (Å²) in [7, 11) is 0. The molecule has 1 N–H and O–H groups in total. The number of hydrogen-bond acceptors (Lipinski definition) is 2. The van der Waals surface area contributed by atoms with Crippen LogP contribution in [0.15, 0.2) is 42.5 Å². The first kappa shape index (κ1) is 16.0. The van der Waals surface area contributed by atoms with E-state index < -0.39 is 5.97 Å². The zero-order chi connectivity index (χ0) is 16.3. The first-order valence-electron chi connectivity index (χ1n) is 7.34. The van der Waals surface area contributed by atoms with E-state index in [0.717, 1.165) is 16.7 Å². The summed E-state index contributed by atoms with van der Waals surface area (Å²) in [6.07, 6.45) is 0.160. The predicted octanol–water partition coefficient (Wildman–Crippen LogP) is 4.13. The lowest BCUT2D eigenvalue weighted by molar-refractivity contribution is -0.121. The van der Waals surface area contributed by atoms with Crippen molar-refractivity contribution in [2.45, 2.75) is 27.2 Å². The second-order valence-electron chi connectivity index (χ2n) is 5.84. The van der Waals surface area contributed by atoms with Gasteiger partial charge in [-0.25, -0.2) is 4.79 Å². The molecule has 0 radical (unpaired) electrons. The van der Waals surface area contributed by atoms with E-state index in [9.17, 15) is 14.7 Å². The molecule has 0 bridgehead atoms. The van der Waals surface area contributed by atoms with Crippen molar-refractivity contribution in [3.05, 3.63) is 59.2 Å². The largest absolute Gasteiger partial charge is 0.478 e. The molecule has 0 fully saturated rings. The number of carbonyl (C=O) groups is 2. The van der Waals surface area contributed by atoms with Gasteiger partial charge in [-0.05, 0) is 29.7 Å².